The van der Waals surface area contributed by atoms with Crippen LogP contribution in [0.2, 0.25) is 0 Å². The van der Waals surface area contributed by atoms with Gasteiger partial charge >= 0.3 is 0 Å². The zero-order valence-electron chi connectivity index (χ0n) is 11.5. The summed E-state index contributed by atoms with van der Waals surface area (Å²) in [6.45, 7) is 9.87. The first-order valence-corrected chi connectivity index (χ1v) is 6.35. The minimum Gasteiger partial charge on any atom is -0.464 e. The Morgan fingerprint density at radius 2 is 2.17 bits per heavy atom. The van der Waals surface area contributed by atoms with Crippen LogP contribution >= 0.6 is 0 Å². The highest BCUT2D eigenvalue weighted by atomic mass is 16.3. The number of aryl methyl sites for hydroxylation is 2. The van der Waals surface area contributed by atoms with Crippen LogP contribution in [0.25, 0.3) is 0 Å². The van der Waals surface area contributed by atoms with Crippen molar-refractivity contribution in [3.63, 3.8) is 0 Å². The van der Waals surface area contributed by atoms with Crippen LogP contribution in [0, 0.1) is 13.8 Å². The van der Waals surface area contributed by atoms with Crippen molar-refractivity contribution < 1.29 is 4.42 Å². The Balaban J connectivity index is 2.04. The third kappa shape index (κ3) is 3.23. The predicted molar refractivity (Wildman–Crippen MR) is 71.5 cm³/mol. The first-order valence-electron chi connectivity index (χ1n) is 6.35. The summed E-state index contributed by atoms with van der Waals surface area (Å²) < 4.78 is 7.66. The van der Waals surface area contributed by atoms with Crippen LogP contribution in [-0.4, -0.2) is 15.8 Å². The molecular weight excluding hydrogens is 226 g/mol. The number of hydrogen-bond acceptors (Lipinski definition) is 3. The van der Waals surface area contributed by atoms with Gasteiger partial charge in [0.15, 0.2) is 0 Å². The molecule has 0 aliphatic rings. The minimum atomic E-state index is 0.483. The molecule has 0 saturated carbocycles. The van der Waals surface area contributed by atoms with E-state index in [1.54, 1.807) is 0 Å². The van der Waals surface area contributed by atoms with Crippen molar-refractivity contribution in [3.8, 4) is 0 Å². The van der Waals surface area contributed by atoms with Gasteiger partial charge in [0.05, 0.1) is 12.7 Å². The number of rotatable bonds is 5. The van der Waals surface area contributed by atoms with E-state index in [0.717, 1.165) is 18.1 Å². The Labute approximate surface area is 108 Å². The van der Waals surface area contributed by atoms with E-state index in [-0.39, 0.29) is 0 Å². The van der Waals surface area contributed by atoms with Crippen molar-refractivity contribution >= 4 is 0 Å². The molecule has 0 amide bonds. The van der Waals surface area contributed by atoms with Gasteiger partial charge in [-0.15, -0.1) is 0 Å². The molecule has 2 rings (SSSR count). The highest BCUT2D eigenvalue weighted by Crippen LogP contribution is 2.15. The predicted octanol–water partition coefficient (Wildman–Crippen LogP) is 2.64. The highest BCUT2D eigenvalue weighted by molar-refractivity contribution is 5.21. The Morgan fingerprint density at radius 3 is 2.78 bits per heavy atom. The molecule has 2 heterocycles. The molecule has 0 aliphatic carbocycles. The second-order valence-corrected chi connectivity index (χ2v) is 5.05. The first-order chi connectivity index (χ1) is 8.54. The maximum Gasteiger partial charge on any atom is 0.125 e. The lowest BCUT2D eigenvalue weighted by atomic mass is 10.2. The smallest absolute Gasteiger partial charge is 0.125 e. The molecular formula is C14H21N3O. The van der Waals surface area contributed by atoms with E-state index in [0.29, 0.717) is 12.6 Å². The third-order valence-corrected chi connectivity index (χ3v) is 2.85. The van der Waals surface area contributed by atoms with E-state index in [9.17, 15) is 0 Å². The normalized spacial score (nSPS) is 11.4. The molecule has 0 radical (unpaired) electrons. The molecule has 0 bridgehead atoms. The maximum absolute atomic E-state index is 5.76. The van der Waals surface area contributed by atoms with Crippen molar-refractivity contribution in [2.45, 2.75) is 46.8 Å². The Bertz CT molecular complexity index is 511. The molecule has 1 N–H and O–H groups in total. The lowest BCUT2D eigenvalue weighted by Crippen LogP contribution is -2.21. The molecule has 0 fully saturated rings. The van der Waals surface area contributed by atoms with Crippen molar-refractivity contribution in [1.82, 2.24) is 15.1 Å². The van der Waals surface area contributed by atoms with Gasteiger partial charge in [0.1, 0.15) is 11.5 Å². The molecule has 0 unspecified atom stereocenters. The lowest BCUT2D eigenvalue weighted by Gasteiger charge is -2.05. The lowest BCUT2D eigenvalue weighted by molar-refractivity contribution is 0.455. The third-order valence-electron chi connectivity index (χ3n) is 2.85. The second-order valence-electron chi connectivity index (χ2n) is 5.05. The molecule has 0 aromatic carbocycles. The first kappa shape index (κ1) is 12.9. The van der Waals surface area contributed by atoms with E-state index in [1.165, 1.54) is 11.1 Å². The van der Waals surface area contributed by atoms with Crippen LogP contribution in [0.5, 0.6) is 0 Å². The van der Waals surface area contributed by atoms with Gasteiger partial charge in [0, 0.05) is 24.3 Å². The largest absolute Gasteiger partial charge is 0.464 e. The van der Waals surface area contributed by atoms with Crippen molar-refractivity contribution in [2.24, 2.45) is 0 Å². The van der Waals surface area contributed by atoms with Crippen molar-refractivity contribution in [2.75, 3.05) is 0 Å². The van der Waals surface area contributed by atoms with Gasteiger partial charge in [-0.3, -0.25) is 4.68 Å². The summed E-state index contributed by atoms with van der Waals surface area (Å²) in [6, 6.07) is 2.60. The van der Waals surface area contributed by atoms with Gasteiger partial charge in [0.2, 0.25) is 0 Å². The number of furan rings is 1. The van der Waals surface area contributed by atoms with Crippen LogP contribution in [0.1, 0.15) is 36.5 Å². The molecule has 4 nitrogen and oxygen atoms in total. The van der Waals surface area contributed by atoms with Crippen molar-refractivity contribution in [3.05, 3.63) is 41.1 Å². The Kier molecular flexibility index (Phi) is 3.87. The maximum atomic E-state index is 5.76. The number of nitrogens with zero attached hydrogens (tertiary/aromatic N) is 2. The van der Waals surface area contributed by atoms with E-state index in [4.69, 9.17) is 4.42 Å². The molecule has 0 spiro atoms. The summed E-state index contributed by atoms with van der Waals surface area (Å²) in [4.78, 5) is 0. The van der Waals surface area contributed by atoms with Crippen LogP contribution in [0.15, 0.2) is 22.9 Å². The summed E-state index contributed by atoms with van der Waals surface area (Å²) in [6.07, 6.45) is 3.88. The van der Waals surface area contributed by atoms with Crippen LogP contribution < -0.4 is 5.32 Å². The summed E-state index contributed by atoms with van der Waals surface area (Å²) in [5.74, 6) is 1.94. The fourth-order valence-corrected chi connectivity index (χ4v) is 1.87. The number of nitrogens with one attached hydrogen (secondary N) is 1. The van der Waals surface area contributed by atoms with E-state index in [2.05, 4.69) is 30.3 Å². The second kappa shape index (κ2) is 5.40. The van der Waals surface area contributed by atoms with Gasteiger partial charge in [-0.25, -0.2) is 0 Å². The molecule has 2 aromatic heterocycles. The topological polar surface area (TPSA) is 43.0 Å². The Morgan fingerprint density at radius 1 is 1.39 bits per heavy atom. The van der Waals surface area contributed by atoms with Crippen LogP contribution in [0.4, 0.5) is 0 Å². The molecule has 98 valence electrons. The summed E-state index contributed by atoms with van der Waals surface area (Å²) in [5, 5.41) is 7.67. The molecule has 4 heteroatoms. The summed E-state index contributed by atoms with van der Waals surface area (Å²) >= 11 is 0. The molecule has 2 aromatic rings. The van der Waals surface area contributed by atoms with Crippen molar-refractivity contribution in [1.29, 1.82) is 0 Å². The summed E-state index contributed by atoms with van der Waals surface area (Å²) in [5.41, 5.74) is 2.39. The highest BCUT2D eigenvalue weighted by Gasteiger charge is 2.08. The van der Waals surface area contributed by atoms with E-state index < -0.39 is 0 Å². The van der Waals surface area contributed by atoms with Gasteiger partial charge in [-0.2, -0.15) is 5.10 Å². The van der Waals surface area contributed by atoms with Crippen LogP contribution in [-0.2, 0) is 13.1 Å². The minimum absolute atomic E-state index is 0.483. The molecule has 18 heavy (non-hydrogen) atoms. The zero-order valence-corrected chi connectivity index (χ0v) is 11.5. The van der Waals surface area contributed by atoms with Gasteiger partial charge in [-0.05, 0) is 25.5 Å². The van der Waals surface area contributed by atoms with Gasteiger partial charge in [0.25, 0.3) is 0 Å². The zero-order chi connectivity index (χ0) is 13.1. The fraction of sp³-hybridized carbons (Fsp3) is 0.500. The number of hydrogen-bond donors (Lipinski definition) is 1. The average molecular weight is 247 g/mol. The SMILES string of the molecule is Cc1cnn(Cc2cc(CNC(C)C)c(C)o2)c1. The van der Waals surface area contributed by atoms with Gasteiger partial charge in [-0.1, -0.05) is 13.8 Å². The fourth-order valence-electron chi connectivity index (χ4n) is 1.87. The van der Waals surface area contributed by atoms with Gasteiger partial charge < -0.3 is 9.73 Å². The Hall–Kier alpha value is -1.55. The quantitative estimate of drug-likeness (QED) is 0.883. The van der Waals surface area contributed by atoms with Crippen LogP contribution in [0.3, 0.4) is 0 Å². The number of aromatic nitrogens is 2. The molecule has 0 atom stereocenters. The molecule has 0 saturated heterocycles. The van der Waals surface area contributed by atoms with E-state index in [1.807, 2.05) is 30.9 Å². The summed E-state index contributed by atoms with van der Waals surface area (Å²) in [7, 11) is 0. The monoisotopic (exact) mass is 247 g/mol. The standard InChI is InChI=1S/C14H21N3O/c1-10(2)15-7-13-5-14(18-12(13)4)9-17-8-11(3)6-16-17/h5-6,8,10,15H,7,9H2,1-4H3. The molecule has 0 aliphatic heterocycles. The average Bonchev–Trinajstić information content (AvgIpc) is 2.83. The van der Waals surface area contributed by atoms with E-state index >= 15 is 0 Å².